The van der Waals surface area contributed by atoms with Crippen LogP contribution >= 0.6 is 0 Å². The van der Waals surface area contributed by atoms with Crippen LogP contribution in [0, 0.1) is 0 Å². The molecule has 1 aromatic heterocycles. The van der Waals surface area contributed by atoms with Crippen molar-refractivity contribution < 1.29 is 0 Å². The molecule has 1 rings (SSSR count). The average Bonchev–Trinajstić information content (AvgIpc) is 2.26. The molecule has 1 aromatic rings. The Morgan fingerprint density at radius 2 is 2.06 bits per heavy atom. The predicted molar refractivity (Wildman–Crippen MR) is 69.0 cm³/mol. The van der Waals surface area contributed by atoms with E-state index in [2.05, 4.69) is 47.9 Å². The van der Waals surface area contributed by atoms with E-state index in [1.54, 1.807) is 6.20 Å². The second kappa shape index (κ2) is 6.30. The number of nitrogens with one attached hydrogen (secondary N) is 1. The molecule has 0 aliphatic rings. The van der Waals surface area contributed by atoms with Gasteiger partial charge in [0, 0.05) is 19.1 Å². The highest BCUT2D eigenvalue weighted by atomic mass is 15.2. The fourth-order valence-corrected chi connectivity index (χ4v) is 1.64. The molecule has 0 aliphatic carbocycles. The number of nitrogens with zero attached hydrogens (tertiary/aromatic N) is 3. The number of anilines is 2. The summed E-state index contributed by atoms with van der Waals surface area (Å²) in [7, 11) is 0. The third kappa shape index (κ3) is 3.36. The minimum atomic E-state index is 0.450. The molecule has 0 bridgehead atoms. The molecule has 4 heteroatoms. The molecule has 1 N–H and O–H groups in total. The first-order valence-corrected chi connectivity index (χ1v) is 6.01. The average molecular weight is 222 g/mol. The van der Waals surface area contributed by atoms with Gasteiger partial charge in [-0.3, -0.25) is 4.98 Å². The highest BCUT2D eigenvalue weighted by molar-refractivity contribution is 5.44. The highest BCUT2D eigenvalue weighted by Crippen LogP contribution is 2.15. The maximum Gasteiger partial charge on any atom is 0.149 e. The molecule has 0 fully saturated rings. The Morgan fingerprint density at radius 1 is 1.31 bits per heavy atom. The van der Waals surface area contributed by atoms with Crippen LogP contribution in [0.25, 0.3) is 0 Å². The van der Waals surface area contributed by atoms with Gasteiger partial charge in [0.1, 0.15) is 11.6 Å². The van der Waals surface area contributed by atoms with E-state index in [0.717, 1.165) is 31.1 Å². The van der Waals surface area contributed by atoms with Crippen molar-refractivity contribution in [3.63, 3.8) is 0 Å². The summed E-state index contributed by atoms with van der Waals surface area (Å²) in [6.45, 7) is 10.5. The van der Waals surface area contributed by atoms with Crippen LogP contribution in [-0.2, 0) is 0 Å². The van der Waals surface area contributed by atoms with Crippen molar-refractivity contribution in [2.45, 2.75) is 40.2 Å². The second-order valence-electron chi connectivity index (χ2n) is 4.08. The topological polar surface area (TPSA) is 41.1 Å². The zero-order chi connectivity index (χ0) is 12.0. The first kappa shape index (κ1) is 12.7. The molecule has 16 heavy (non-hydrogen) atoms. The third-order valence-electron chi connectivity index (χ3n) is 2.36. The summed E-state index contributed by atoms with van der Waals surface area (Å²) >= 11 is 0. The molecule has 0 aromatic carbocycles. The van der Waals surface area contributed by atoms with E-state index >= 15 is 0 Å². The Balaban J connectivity index is 2.86. The van der Waals surface area contributed by atoms with Gasteiger partial charge in [-0.15, -0.1) is 0 Å². The van der Waals surface area contributed by atoms with Gasteiger partial charge in [-0.2, -0.15) is 0 Å². The van der Waals surface area contributed by atoms with Crippen LogP contribution < -0.4 is 10.2 Å². The van der Waals surface area contributed by atoms with E-state index in [1.165, 1.54) is 0 Å². The number of rotatable bonds is 6. The minimum absolute atomic E-state index is 0.450. The van der Waals surface area contributed by atoms with Crippen molar-refractivity contribution in [2.75, 3.05) is 23.3 Å². The van der Waals surface area contributed by atoms with Crippen LogP contribution in [0.15, 0.2) is 12.4 Å². The van der Waals surface area contributed by atoms with Gasteiger partial charge in [0.15, 0.2) is 0 Å². The van der Waals surface area contributed by atoms with Gasteiger partial charge >= 0.3 is 0 Å². The Labute approximate surface area is 98.1 Å². The van der Waals surface area contributed by atoms with E-state index in [9.17, 15) is 0 Å². The van der Waals surface area contributed by atoms with Crippen molar-refractivity contribution in [2.24, 2.45) is 0 Å². The molecule has 0 atom stereocenters. The highest BCUT2D eigenvalue weighted by Gasteiger charge is 2.11. The Morgan fingerprint density at radius 3 is 2.62 bits per heavy atom. The van der Waals surface area contributed by atoms with Gasteiger partial charge in [0.25, 0.3) is 0 Å². The van der Waals surface area contributed by atoms with Crippen molar-refractivity contribution in [3.05, 3.63) is 12.4 Å². The summed E-state index contributed by atoms with van der Waals surface area (Å²) in [6, 6.07) is 0.450. The molecular weight excluding hydrogens is 200 g/mol. The van der Waals surface area contributed by atoms with Crippen molar-refractivity contribution >= 4 is 11.6 Å². The van der Waals surface area contributed by atoms with E-state index in [4.69, 9.17) is 0 Å². The summed E-state index contributed by atoms with van der Waals surface area (Å²) in [6.07, 6.45) is 4.71. The van der Waals surface area contributed by atoms with Gasteiger partial charge in [-0.25, -0.2) is 4.98 Å². The zero-order valence-corrected chi connectivity index (χ0v) is 10.7. The van der Waals surface area contributed by atoms with Crippen LogP contribution in [0.2, 0.25) is 0 Å². The summed E-state index contributed by atoms with van der Waals surface area (Å²) in [5, 5.41) is 3.18. The zero-order valence-electron chi connectivity index (χ0n) is 10.7. The molecule has 0 unspecified atom stereocenters. The van der Waals surface area contributed by atoms with E-state index < -0.39 is 0 Å². The van der Waals surface area contributed by atoms with Gasteiger partial charge < -0.3 is 10.2 Å². The Hall–Kier alpha value is -1.32. The smallest absolute Gasteiger partial charge is 0.149 e. The Bertz CT molecular complexity index is 312. The molecule has 0 saturated heterocycles. The van der Waals surface area contributed by atoms with E-state index in [1.807, 2.05) is 6.20 Å². The molecule has 0 spiro atoms. The lowest BCUT2D eigenvalue weighted by atomic mass is 10.3. The summed E-state index contributed by atoms with van der Waals surface area (Å²) in [4.78, 5) is 11.0. The van der Waals surface area contributed by atoms with Crippen LogP contribution in [0.4, 0.5) is 11.6 Å². The van der Waals surface area contributed by atoms with Crippen molar-refractivity contribution in [3.8, 4) is 0 Å². The van der Waals surface area contributed by atoms with Gasteiger partial charge in [0.05, 0.1) is 12.4 Å². The lowest BCUT2D eigenvalue weighted by Gasteiger charge is -2.27. The number of hydrogen-bond donors (Lipinski definition) is 1. The first-order valence-electron chi connectivity index (χ1n) is 6.01. The van der Waals surface area contributed by atoms with Gasteiger partial charge in [-0.1, -0.05) is 6.92 Å². The molecular formula is C12H22N4. The lowest BCUT2D eigenvalue weighted by Crippen LogP contribution is -2.32. The minimum Gasteiger partial charge on any atom is -0.369 e. The molecule has 0 saturated carbocycles. The molecule has 0 amide bonds. The largest absolute Gasteiger partial charge is 0.369 e. The van der Waals surface area contributed by atoms with Crippen LogP contribution in [0.1, 0.15) is 34.1 Å². The molecule has 0 aliphatic heterocycles. The standard InChI is InChI=1S/C12H22N4/c1-5-7-16(10(3)4)12-9-13-8-11(15-12)14-6-2/h8-10H,5-7H2,1-4H3,(H,14,15). The van der Waals surface area contributed by atoms with E-state index in [0.29, 0.717) is 6.04 Å². The molecule has 90 valence electrons. The lowest BCUT2D eigenvalue weighted by molar-refractivity contribution is 0.661. The van der Waals surface area contributed by atoms with Crippen LogP contribution in [0.3, 0.4) is 0 Å². The molecule has 0 radical (unpaired) electrons. The van der Waals surface area contributed by atoms with Crippen molar-refractivity contribution in [1.82, 2.24) is 9.97 Å². The quantitative estimate of drug-likeness (QED) is 0.803. The summed E-state index contributed by atoms with van der Waals surface area (Å²) in [5.74, 6) is 1.80. The monoisotopic (exact) mass is 222 g/mol. The second-order valence-corrected chi connectivity index (χ2v) is 4.08. The Kier molecular flexibility index (Phi) is 5.02. The summed E-state index contributed by atoms with van der Waals surface area (Å²) < 4.78 is 0. The maximum absolute atomic E-state index is 4.56. The SMILES string of the molecule is CCCN(c1cncc(NCC)n1)C(C)C. The predicted octanol–water partition coefficient (Wildman–Crippen LogP) is 2.53. The molecule has 4 nitrogen and oxygen atoms in total. The number of aromatic nitrogens is 2. The summed E-state index contributed by atoms with van der Waals surface area (Å²) in [5.41, 5.74) is 0. The van der Waals surface area contributed by atoms with Gasteiger partial charge in [-0.05, 0) is 27.2 Å². The third-order valence-corrected chi connectivity index (χ3v) is 2.36. The van der Waals surface area contributed by atoms with Crippen molar-refractivity contribution in [1.29, 1.82) is 0 Å². The van der Waals surface area contributed by atoms with Gasteiger partial charge in [0.2, 0.25) is 0 Å². The normalized spacial score (nSPS) is 10.6. The maximum atomic E-state index is 4.56. The van der Waals surface area contributed by atoms with Crippen LogP contribution in [-0.4, -0.2) is 29.1 Å². The number of hydrogen-bond acceptors (Lipinski definition) is 4. The van der Waals surface area contributed by atoms with Crippen LogP contribution in [0.5, 0.6) is 0 Å². The fraction of sp³-hybridized carbons (Fsp3) is 0.667. The van der Waals surface area contributed by atoms with E-state index in [-0.39, 0.29) is 0 Å². The molecule has 1 heterocycles. The fourth-order valence-electron chi connectivity index (χ4n) is 1.64. The first-order chi connectivity index (χ1) is 7.69.